The molecule has 0 saturated carbocycles. The summed E-state index contributed by atoms with van der Waals surface area (Å²) in [4.78, 5) is 13.7. The highest BCUT2D eigenvalue weighted by molar-refractivity contribution is 5.78. The van der Waals surface area contributed by atoms with Gasteiger partial charge in [-0.2, -0.15) is 0 Å². The molecule has 2 aliphatic heterocycles. The second kappa shape index (κ2) is 4.28. The van der Waals surface area contributed by atoms with E-state index in [0.717, 1.165) is 32.7 Å². The van der Waals surface area contributed by atoms with Crippen molar-refractivity contribution in [2.75, 3.05) is 32.8 Å². The van der Waals surface area contributed by atoms with Gasteiger partial charge in [-0.3, -0.25) is 4.79 Å². The summed E-state index contributed by atoms with van der Waals surface area (Å²) in [5, 5.41) is 3.35. The van der Waals surface area contributed by atoms with Gasteiger partial charge in [0, 0.05) is 25.0 Å². The number of hydrogen-bond acceptors (Lipinski definition) is 3. The first kappa shape index (κ1) is 9.93. The van der Waals surface area contributed by atoms with Crippen LogP contribution in [0.5, 0.6) is 0 Å². The monoisotopic (exact) mass is 198 g/mol. The van der Waals surface area contributed by atoms with Crippen LogP contribution in [0.1, 0.15) is 13.3 Å². The number of nitrogens with zero attached hydrogens (tertiary/aromatic N) is 1. The number of likely N-dealkylation sites (N-methyl/N-ethyl adjacent to an activating group) is 1. The zero-order chi connectivity index (χ0) is 9.97. The van der Waals surface area contributed by atoms with Gasteiger partial charge in [-0.1, -0.05) is 0 Å². The van der Waals surface area contributed by atoms with Crippen molar-refractivity contribution in [2.24, 2.45) is 5.92 Å². The van der Waals surface area contributed by atoms with Gasteiger partial charge in [-0.05, 0) is 19.9 Å². The lowest BCUT2D eigenvalue weighted by molar-refractivity contribution is -0.135. The highest BCUT2D eigenvalue weighted by Crippen LogP contribution is 2.21. The van der Waals surface area contributed by atoms with Crippen LogP contribution in [0.25, 0.3) is 0 Å². The van der Waals surface area contributed by atoms with Crippen LogP contribution in [0.3, 0.4) is 0 Å². The molecule has 0 aliphatic carbocycles. The third-order valence-corrected chi connectivity index (χ3v) is 3.19. The SMILES string of the molecule is CCN1C(=O)COC[C@H]2CNCC[C@H]21. The molecule has 80 valence electrons. The highest BCUT2D eigenvalue weighted by atomic mass is 16.5. The van der Waals surface area contributed by atoms with Gasteiger partial charge in [0.15, 0.2) is 0 Å². The molecule has 0 unspecified atom stereocenters. The van der Waals surface area contributed by atoms with Crippen molar-refractivity contribution in [3.63, 3.8) is 0 Å². The number of rotatable bonds is 1. The Balaban J connectivity index is 2.13. The summed E-state index contributed by atoms with van der Waals surface area (Å²) in [6.45, 7) is 5.84. The predicted molar refractivity (Wildman–Crippen MR) is 53.0 cm³/mol. The van der Waals surface area contributed by atoms with E-state index in [4.69, 9.17) is 4.74 Å². The highest BCUT2D eigenvalue weighted by Gasteiger charge is 2.34. The fraction of sp³-hybridized carbons (Fsp3) is 0.900. The number of nitrogens with one attached hydrogen (secondary N) is 1. The smallest absolute Gasteiger partial charge is 0.248 e. The maximum atomic E-state index is 11.7. The molecule has 4 heteroatoms. The fourth-order valence-electron chi connectivity index (χ4n) is 2.47. The summed E-state index contributed by atoms with van der Waals surface area (Å²) in [6.07, 6.45) is 1.06. The summed E-state index contributed by atoms with van der Waals surface area (Å²) >= 11 is 0. The predicted octanol–water partition coefficient (Wildman–Crippen LogP) is -0.157. The molecule has 2 saturated heterocycles. The summed E-state index contributed by atoms with van der Waals surface area (Å²) in [7, 11) is 0. The van der Waals surface area contributed by atoms with Crippen molar-refractivity contribution in [1.29, 1.82) is 0 Å². The fourth-order valence-corrected chi connectivity index (χ4v) is 2.47. The summed E-state index contributed by atoms with van der Waals surface area (Å²) < 4.78 is 5.38. The van der Waals surface area contributed by atoms with E-state index in [1.807, 2.05) is 11.8 Å². The minimum atomic E-state index is 0.155. The van der Waals surface area contributed by atoms with E-state index >= 15 is 0 Å². The largest absolute Gasteiger partial charge is 0.371 e. The minimum Gasteiger partial charge on any atom is -0.371 e. The molecule has 2 heterocycles. The zero-order valence-corrected chi connectivity index (χ0v) is 8.66. The Morgan fingerprint density at radius 3 is 3.29 bits per heavy atom. The molecule has 2 atom stereocenters. The Hall–Kier alpha value is -0.610. The Labute approximate surface area is 84.6 Å². The number of piperidine rings is 1. The van der Waals surface area contributed by atoms with E-state index in [-0.39, 0.29) is 12.5 Å². The van der Waals surface area contributed by atoms with E-state index in [2.05, 4.69) is 5.32 Å². The van der Waals surface area contributed by atoms with E-state index in [0.29, 0.717) is 12.0 Å². The van der Waals surface area contributed by atoms with Gasteiger partial charge < -0.3 is 15.0 Å². The van der Waals surface area contributed by atoms with Crippen molar-refractivity contribution < 1.29 is 9.53 Å². The number of carbonyl (C=O) groups is 1. The summed E-state index contributed by atoms with van der Waals surface area (Å²) in [5.41, 5.74) is 0. The third kappa shape index (κ3) is 1.77. The van der Waals surface area contributed by atoms with Gasteiger partial charge >= 0.3 is 0 Å². The van der Waals surface area contributed by atoms with Gasteiger partial charge in [0.25, 0.3) is 0 Å². The molecular weight excluding hydrogens is 180 g/mol. The lowest BCUT2D eigenvalue weighted by atomic mass is 9.93. The molecule has 0 spiro atoms. The quantitative estimate of drug-likeness (QED) is 0.637. The van der Waals surface area contributed by atoms with Gasteiger partial charge in [0.05, 0.1) is 6.61 Å². The average Bonchev–Trinajstić information content (AvgIpc) is 2.36. The van der Waals surface area contributed by atoms with Gasteiger partial charge in [-0.15, -0.1) is 0 Å². The first-order valence-electron chi connectivity index (χ1n) is 5.41. The number of hydrogen-bond donors (Lipinski definition) is 1. The molecule has 2 rings (SSSR count). The Bertz CT molecular complexity index is 220. The van der Waals surface area contributed by atoms with E-state index < -0.39 is 0 Å². The van der Waals surface area contributed by atoms with Gasteiger partial charge in [0.2, 0.25) is 5.91 Å². The van der Waals surface area contributed by atoms with Crippen molar-refractivity contribution in [1.82, 2.24) is 10.2 Å². The summed E-state index contributed by atoms with van der Waals surface area (Å²) in [6, 6.07) is 0.399. The molecule has 0 aromatic heterocycles. The maximum Gasteiger partial charge on any atom is 0.248 e. The van der Waals surface area contributed by atoms with Gasteiger partial charge in [-0.25, -0.2) is 0 Å². The second-order valence-electron chi connectivity index (χ2n) is 4.02. The topological polar surface area (TPSA) is 41.6 Å². The number of ether oxygens (including phenoxy) is 1. The normalized spacial score (nSPS) is 33.8. The molecule has 4 nitrogen and oxygen atoms in total. The molecule has 0 radical (unpaired) electrons. The average molecular weight is 198 g/mol. The van der Waals surface area contributed by atoms with Crippen LogP contribution in [0, 0.1) is 5.92 Å². The molecule has 2 fully saturated rings. The standard InChI is InChI=1S/C10H18N2O2/c1-2-12-9-3-4-11-5-8(9)6-14-7-10(12)13/h8-9,11H,2-7H2,1H3/t8-,9-/m1/s1. The van der Waals surface area contributed by atoms with E-state index in [1.165, 1.54) is 0 Å². The second-order valence-corrected chi connectivity index (χ2v) is 4.02. The molecule has 1 N–H and O–H groups in total. The first-order valence-corrected chi connectivity index (χ1v) is 5.41. The Kier molecular flexibility index (Phi) is 3.03. The lowest BCUT2D eigenvalue weighted by Crippen LogP contribution is -2.51. The van der Waals surface area contributed by atoms with Crippen molar-refractivity contribution >= 4 is 5.91 Å². The molecule has 2 aliphatic rings. The molecular formula is C10H18N2O2. The van der Waals surface area contributed by atoms with Crippen LogP contribution in [0.15, 0.2) is 0 Å². The van der Waals surface area contributed by atoms with Crippen LogP contribution < -0.4 is 5.32 Å². The summed E-state index contributed by atoms with van der Waals surface area (Å²) in [5.74, 6) is 0.636. The number of amides is 1. The molecule has 0 aromatic carbocycles. The third-order valence-electron chi connectivity index (χ3n) is 3.19. The van der Waals surface area contributed by atoms with E-state index in [9.17, 15) is 4.79 Å². The number of fused-ring (bicyclic) bond motifs is 1. The molecule has 14 heavy (non-hydrogen) atoms. The van der Waals surface area contributed by atoms with Crippen molar-refractivity contribution in [2.45, 2.75) is 19.4 Å². The van der Waals surface area contributed by atoms with Crippen LogP contribution >= 0.6 is 0 Å². The number of carbonyl (C=O) groups excluding carboxylic acids is 1. The van der Waals surface area contributed by atoms with Gasteiger partial charge in [0.1, 0.15) is 6.61 Å². The van der Waals surface area contributed by atoms with Crippen LogP contribution in [0.4, 0.5) is 0 Å². The maximum absolute atomic E-state index is 11.7. The van der Waals surface area contributed by atoms with E-state index in [1.54, 1.807) is 0 Å². The molecule has 1 amide bonds. The Morgan fingerprint density at radius 1 is 1.64 bits per heavy atom. The molecule has 0 aromatic rings. The van der Waals surface area contributed by atoms with Crippen LogP contribution in [0.2, 0.25) is 0 Å². The van der Waals surface area contributed by atoms with Crippen molar-refractivity contribution in [3.05, 3.63) is 0 Å². The lowest BCUT2D eigenvalue weighted by Gasteiger charge is -2.37. The Morgan fingerprint density at radius 2 is 2.50 bits per heavy atom. The van der Waals surface area contributed by atoms with Crippen molar-refractivity contribution in [3.8, 4) is 0 Å². The molecule has 0 bridgehead atoms. The first-order chi connectivity index (χ1) is 6.83. The van der Waals surface area contributed by atoms with Crippen LogP contribution in [-0.2, 0) is 9.53 Å². The van der Waals surface area contributed by atoms with Crippen LogP contribution in [-0.4, -0.2) is 49.7 Å². The zero-order valence-electron chi connectivity index (χ0n) is 8.66. The minimum absolute atomic E-state index is 0.155.